The van der Waals surface area contributed by atoms with Gasteiger partial charge >= 0.3 is 0 Å². The van der Waals surface area contributed by atoms with Crippen molar-refractivity contribution in [3.8, 4) is 0 Å². The number of nitrogens with zero attached hydrogens (tertiary/aromatic N) is 2. The third-order valence-corrected chi connectivity index (χ3v) is 4.06. The van der Waals surface area contributed by atoms with E-state index in [2.05, 4.69) is 9.71 Å². The number of hydrogen-bond donors (Lipinski definition) is 1. The first-order chi connectivity index (χ1) is 9.46. The number of nitrogens with one attached hydrogen (secondary N) is 1. The number of hydrogen-bond acceptors (Lipinski definition) is 4. The van der Waals surface area contributed by atoms with Crippen molar-refractivity contribution in [3.63, 3.8) is 0 Å². The van der Waals surface area contributed by atoms with E-state index in [1.54, 1.807) is 29.4 Å². The lowest BCUT2D eigenvalue weighted by atomic mass is 9.98. The Morgan fingerprint density at radius 3 is 2.80 bits per heavy atom. The van der Waals surface area contributed by atoms with Crippen LogP contribution in [0.5, 0.6) is 0 Å². The van der Waals surface area contributed by atoms with Crippen LogP contribution in [0.3, 0.4) is 0 Å². The fourth-order valence-electron chi connectivity index (χ4n) is 2.36. The number of carbonyl (C=O) groups is 1. The van der Waals surface area contributed by atoms with E-state index in [1.165, 1.54) is 0 Å². The van der Waals surface area contributed by atoms with Crippen molar-refractivity contribution < 1.29 is 13.2 Å². The van der Waals surface area contributed by atoms with Crippen molar-refractivity contribution in [1.82, 2.24) is 14.6 Å². The third kappa shape index (κ3) is 4.28. The van der Waals surface area contributed by atoms with Gasteiger partial charge in [-0.25, -0.2) is 13.1 Å². The second kappa shape index (κ2) is 6.32. The first-order valence-corrected chi connectivity index (χ1v) is 8.49. The van der Waals surface area contributed by atoms with Gasteiger partial charge < -0.3 is 4.90 Å². The van der Waals surface area contributed by atoms with E-state index in [-0.39, 0.29) is 11.8 Å². The SMILES string of the molecule is CS(=O)(=O)NCC1CCCN(C(=O)c2ccncc2)C1. The molecule has 110 valence electrons. The summed E-state index contributed by atoms with van der Waals surface area (Å²) in [6, 6.07) is 3.39. The molecule has 0 spiro atoms. The van der Waals surface area contributed by atoms with Gasteiger partial charge in [0.2, 0.25) is 10.0 Å². The zero-order valence-corrected chi connectivity index (χ0v) is 12.3. The molecule has 2 rings (SSSR count). The number of carbonyl (C=O) groups excluding carboxylic acids is 1. The van der Waals surface area contributed by atoms with Crippen LogP contribution < -0.4 is 4.72 Å². The number of likely N-dealkylation sites (tertiary alicyclic amines) is 1. The van der Waals surface area contributed by atoms with Crippen LogP contribution in [0.1, 0.15) is 23.2 Å². The zero-order valence-electron chi connectivity index (χ0n) is 11.4. The maximum atomic E-state index is 12.3. The summed E-state index contributed by atoms with van der Waals surface area (Å²) < 4.78 is 24.7. The molecular weight excluding hydrogens is 278 g/mol. The van der Waals surface area contributed by atoms with Gasteiger partial charge in [0.15, 0.2) is 0 Å². The van der Waals surface area contributed by atoms with Gasteiger partial charge in [-0.15, -0.1) is 0 Å². The summed E-state index contributed by atoms with van der Waals surface area (Å²) in [5.74, 6) is 0.153. The van der Waals surface area contributed by atoms with Crippen molar-refractivity contribution in [1.29, 1.82) is 0 Å². The number of amides is 1. The van der Waals surface area contributed by atoms with Crippen LogP contribution in [0.25, 0.3) is 0 Å². The average molecular weight is 297 g/mol. The normalized spacial score (nSPS) is 19.9. The van der Waals surface area contributed by atoms with Crippen LogP contribution in [0, 0.1) is 5.92 Å². The topological polar surface area (TPSA) is 79.4 Å². The summed E-state index contributed by atoms with van der Waals surface area (Å²) in [6.07, 6.45) is 6.17. The molecule has 2 heterocycles. The van der Waals surface area contributed by atoms with E-state index in [0.717, 1.165) is 25.6 Å². The lowest BCUT2D eigenvalue weighted by Gasteiger charge is -2.32. The molecule has 20 heavy (non-hydrogen) atoms. The highest BCUT2D eigenvalue weighted by atomic mass is 32.2. The van der Waals surface area contributed by atoms with Crippen LogP contribution in [0.15, 0.2) is 24.5 Å². The Morgan fingerprint density at radius 2 is 2.15 bits per heavy atom. The first kappa shape index (κ1) is 14.9. The quantitative estimate of drug-likeness (QED) is 0.877. The number of rotatable bonds is 4. The van der Waals surface area contributed by atoms with Gasteiger partial charge in [0.05, 0.1) is 6.26 Å². The average Bonchev–Trinajstić information content (AvgIpc) is 2.45. The number of aromatic nitrogens is 1. The molecule has 0 aliphatic carbocycles. The standard InChI is InChI=1S/C13H19N3O3S/c1-20(18,19)15-9-11-3-2-8-16(10-11)13(17)12-4-6-14-7-5-12/h4-7,11,15H,2-3,8-10H2,1H3. The molecule has 0 bridgehead atoms. The summed E-state index contributed by atoms with van der Waals surface area (Å²) in [4.78, 5) is 18.0. The molecule has 1 aromatic rings. The summed E-state index contributed by atoms with van der Waals surface area (Å²) in [5, 5.41) is 0. The van der Waals surface area contributed by atoms with Crippen molar-refractivity contribution in [3.05, 3.63) is 30.1 Å². The maximum Gasteiger partial charge on any atom is 0.253 e. The van der Waals surface area contributed by atoms with Crippen LogP contribution in [-0.2, 0) is 10.0 Å². The van der Waals surface area contributed by atoms with E-state index in [9.17, 15) is 13.2 Å². The largest absolute Gasteiger partial charge is 0.338 e. The third-order valence-electron chi connectivity index (χ3n) is 3.37. The second-order valence-corrected chi connectivity index (χ2v) is 6.95. The Kier molecular flexibility index (Phi) is 4.72. The van der Waals surface area contributed by atoms with Gasteiger partial charge in [-0.05, 0) is 30.9 Å². The number of piperidine rings is 1. The van der Waals surface area contributed by atoms with Gasteiger partial charge in [0, 0.05) is 37.6 Å². The van der Waals surface area contributed by atoms with Crippen molar-refractivity contribution in [2.45, 2.75) is 12.8 Å². The van der Waals surface area contributed by atoms with Crippen molar-refractivity contribution in [2.24, 2.45) is 5.92 Å². The van der Waals surface area contributed by atoms with Gasteiger partial charge in [-0.2, -0.15) is 0 Å². The van der Waals surface area contributed by atoms with E-state index in [4.69, 9.17) is 0 Å². The van der Waals surface area contributed by atoms with E-state index >= 15 is 0 Å². The molecule has 1 unspecified atom stereocenters. The first-order valence-electron chi connectivity index (χ1n) is 6.59. The maximum absolute atomic E-state index is 12.3. The zero-order chi connectivity index (χ0) is 14.6. The molecule has 1 N–H and O–H groups in total. The highest BCUT2D eigenvalue weighted by Gasteiger charge is 2.24. The summed E-state index contributed by atoms with van der Waals surface area (Å²) in [6.45, 7) is 1.69. The Morgan fingerprint density at radius 1 is 1.45 bits per heavy atom. The second-order valence-electron chi connectivity index (χ2n) is 5.12. The fraction of sp³-hybridized carbons (Fsp3) is 0.538. The molecule has 1 saturated heterocycles. The predicted octanol–water partition coefficient (Wildman–Crippen LogP) is 0.483. The van der Waals surface area contributed by atoms with Crippen LogP contribution in [0.2, 0.25) is 0 Å². The van der Waals surface area contributed by atoms with E-state index in [1.807, 2.05) is 0 Å². The minimum atomic E-state index is -3.18. The van der Waals surface area contributed by atoms with Crippen molar-refractivity contribution in [2.75, 3.05) is 25.9 Å². The highest BCUT2D eigenvalue weighted by Crippen LogP contribution is 2.18. The minimum absolute atomic E-state index is 0.0172. The number of pyridine rings is 1. The molecule has 1 aromatic heterocycles. The lowest BCUT2D eigenvalue weighted by molar-refractivity contribution is 0.0676. The Bertz CT molecular complexity index is 559. The van der Waals surface area contributed by atoms with Gasteiger partial charge in [0.25, 0.3) is 5.91 Å². The van der Waals surface area contributed by atoms with E-state index < -0.39 is 10.0 Å². The number of sulfonamides is 1. The molecule has 1 fully saturated rings. The van der Waals surface area contributed by atoms with Crippen LogP contribution in [-0.4, -0.2) is 50.1 Å². The molecule has 0 radical (unpaired) electrons. The van der Waals surface area contributed by atoms with E-state index in [0.29, 0.717) is 18.7 Å². The molecule has 0 aromatic carbocycles. The van der Waals surface area contributed by atoms with Gasteiger partial charge in [-0.3, -0.25) is 9.78 Å². The summed E-state index contributed by atoms with van der Waals surface area (Å²) in [7, 11) is -3.18. The molecule has 0 saturated carbocycles. The molecule has 6 nitrogen and oxygen atoms in total. The monoisotopic (exact) mass is 297 g/mol. The van der Waals surface area contributed by atoms with Crippen LogP contribution in [0.4, 0.5) is 0 Å². The summed E-state index contributed by atoms with van der Waals surface area (Å²) >= 11 is 0. The molecule has 1 aliphatic heterocycles. The molecule has 1 amide bonds. The predicted molar refractivity (Wildman–Crippen MR) is 75.7 cm³/mol. The van der Waals surface area contributed by atoms with Crippen LogP contribution >= 0.6 is 0 Å². The highest BCUT2D eigenvalue weighted by molar-refractivity contribution is 7.88. The Balaban J connectivity index is 1.95. The Hall–Kier alpha value is -1.47. The van der Waals surface area contributed by atoms with Crippen molar-refractivity contribution >= 4 is 15.9 Å². The fourth-order valence-corrected chi connectivity index (χ4v) is 2.90. The Labute approximate surface area is 119 Å². The lowest BCUT2D eigenvalue weighted by Crippen LogP contribution is -2.43. The van der Waals surface area contributed by atoms with Gasteiger partial charge in [0.1, 0.15) is 0 Å². The smallest absolute Gasteiger partial charge is 0.253 e. The molecule has 1 atom stereocenters. The molecule has 1 aliphatic rings. The minimum Gasteiger partial charge on any atom is -0.338 e. The summed E-state index contributed by atoms with van der Waals surface area (Å²) in [5.41, 5.74) is 0.622. The van der Waals surface area contributed by atoms with Gasteiger partial charge in [-0.1, -0.05) is 0 Å². The molecular formula is C13H19N3O3S. The molecule has 7 heteroatoms.